The van der Waals surface area contributed by atoms with E-state index in [4.69, 9.17) is 27.9 Å². The summed E-state index contributed by atoms with van der Waals surface area (Å²) in [5.41, 5.74) is 1.23. The Morgan fingerprint density at radius 1 is 1.20 bits per heavy atom. The molecule has 106 valence electrons. The Morgan fingerprint density at radius 2 is 1.95 bits per heavy atom. The van der Waals surface area contributed by atoms with Crippen molar-refractivity contribution in [2.24, 2.45) is 0 Å². The van der Waals surface area contributed by atoms with Crippen LogP contribution >= 0.6 is 23.2 Å². The molecule has 0 unspecified atom stereocenters. The number of nitrogens with zero attached hydrogens (tertiary/aromatic N) is 2. The lowest BCUT2D eigenvalue weighted by atomic mass is 10.1. The third-order valence-electron chi connectivity index (χ3n) is 2.73. The standard InChI is InChI=1S/C14H15Cl2N3O/c1-17-13-11(15)9-12(16)14(19-13)20-8-2-3-10-4-6-18-7-5-10/h4-7,9H,2-3,8H2,1H3,(H,17,19). The molecule has 6 heteroatoms. The summed E-state index contributed by atoms with van der Waals surface area (Å²) >= 11 is 12.0. The van der Waals surface area contributed by atoms with Gasteiger partial charge in [-0.3, -0.25) is 4.98 Å². The van der Waals surface area contributed by atoms with Gasteiger partial charge in [0.1, 0.15) is 10.8 Å². The first-order chi connectivity index (χ1) is 9.70. The molecule has 0 saturated heterocycles. The van der Waals surface area contributed by atoms with Gasteiger partial charge in [0.25, 0.3) is 0 Å². The number of aromatic nitrogens is 2. The van der Waals surface area contributed by atoms with Gasteiger partial charge in [0.2, 0.25) is 5.88 Å². The minimum atomic E-state index is 0.398. The molecule has 2 heterocycles. The highest BCUT2D eigenvalue weighted by Gasteiger charge is 2.09. The van der Waals surface area contributed by atoms with Gasteiger partial charge in [-0.1, -0.05) is 23.2 Å². The van der Waals surface area contributed by atoms with Gasteiger partial charge in [-0.2, -0.15) is 4.98 Å². The molecule has 0 aliphatic heterocycles. The Balaban J connectivity index is 1.88. The van der Waals surface area contributed by atoms with E-state index in [1.54, 1.807) is 25.5 Å². The summed E-state index contributed by atoms with van der Waals surface area (Å²) in [5.74, 6) is 0.954. The van der Waals surface area contributed by atoms with E-state index in [-0.39, 0.29) is 0 Å². The topological polar surface area (TPSA) is 47.0 Å². The Labute approximate surface area is 128 Å². The fraction of sp³-hybridized carbons (Fsp3) is 0.286. The van der Waals surface area contributed by atoms with Crippen molar-refractivity contribution in [1.29, 1.82) is 0 Å². The van der Waals surface area contributed by atoms with Crippen LogP contribution in [0.4, 0.5) is 5.82 Å². The highest BCUT2D eigenvalue weighted by Crippen LogP contribution is 2.30. The monoisotopic (exact) mass is 311 g/mol. The van der Waals surface area contributed by atoms with Crippen LogP contribution < -0.4 is 10.1 Å². The summed E-state index contributed by atoms with van der Waals surface area (Å²) in [6, 6.07) is 5.61. The van der Waals surface area contributed by atoms with Crippen LogP contribution in [0.1, 0.15) is 12.0 Å². The second-order valence-electron chi connectivity index (χ2n) is 4.16. The van der Waals surface area contributed by atoms with E-state index < -0.39 is 0 Å². The zero-order valence-corrected chi connectivity index (χ0v) is 12.6. The van der Waals surface area contributed by atoms with Crippen LogP contribution in [0.5, 0.6) is 5.88 Å². The number of hydrogen-bond acceptors (Lipinski definition) is 4. The third kappa shape index (κ3) is 3.99. The molecule has 0 aromatic carbocycles. The third-order valence-corrected chi connectivity index (χ3v) is 3.29. The predicted molar refractivity (Wildman–Crippen MR) is 81.9 cm³/mol. The van der Waals surface area contributed by atoms with Crippen molar-refractivity contribution in [3.05, 3.63) is 46.2 Å². The number of ether oxygens (including phenoxy) is 1. The number of aryl methyl sites for hydroxylation is 1. The molecule has 0 amide bonds. The average molecular weight is 312 g/mol. The SMILES string of the molecule is CNc1nc(OCCCc2ccncc2)c(Cl)cc1Cl. The normalized spacial score (nSPS) is 10.3. The van der Waals surface area contributed by atoms with Crippen LogP contribution in [0.2, 0.25) is 10.0 Å². The first-order valence-corrected chi connectivity index (χ1v) is 7.02. The van der Waals surface area contributed by atoms with E-state index in [9.17, 15) is 0 Å². The van der Waals surface area contributed by atoms with Crippen molar-refractivity contribution in [2.45, 2.75) is 12.8 Å². The largest absolute Gasteiger partial charge is 0.477 e. The number of halogens is 2. The molecule has 0 fully saturated rings. The lowest BCUT2D eigenvalue weighted by Gasteiger charge is -2.10. The van der Waals surface area contributed by atoms with E-state index in [1.807, 2.05) is 12.1 Å². The predicted octanol–water partition coefficient (Wildman–Crippen LogP) is 3.84. The lowest BCUT2D eigenvalue weighted by molar-refractivity contribution is 0.300. The molecule has 20 heavy (non-hydrogen) atoms. The maximum atomic E-state index is 6.05. The molecule has 1 N–H and O–H groups in total. The first-order valence-electron chi connectivity index (χ1n) is 6.26. The highest BCUT2D eigenvalue weighted by molar-refractivity contribution is 6.36. The lowest BCUT2D eigenvalue weighted by Crippen LogP contribution is -2.03. The summed E-state index contributed by atoms with van der Waals surface area (Å²) in [6.45, 7) is 0.541. The first kappa shape index (κ1) is 14.9. The van der Waals surface area contributed by atoms with Crippen LogP contribution in [0, 0.1) is 0 Å². The molecule has 0 aliphatic carbocycles. The molecule has 0 saturated carbocycles. The van der Waals surface area contributed by atoms with Crippen molar-refractivity contribution in [1.82, 2.24) is 9.97 Å². The van der Waals surface area contributed by atoms with E-state index >= 15 is 0 Å². The zero-order chi connectivity index (χ0) is 14.4. The second kappa shape index (κ2) is 7.31. The van der Waals surface area contributed by atoms with Gasteiger partial charge < -0.3 is 10.1 Å². The Kier molecular flexibility index (Phi) is 5.44. The van der Waals surface area contributed by atoms with Crippen LogP contribution in [-0.4, -0.2) is 23.6 Å². The fourth-order valence-electron chi connectivity index (χ4n) is 1.72. The number of hydrogen-bond donors (Lipinski definition) is 1. The number of nitrogens with one attached hydrogen (secondary N) is 1. The fourth-order valence-corrected chi connectivity index (χ4v) is 2.23. The van der Waals surface area contributed by atoms with Gasteiger partial charge in [-0.25, -0.2) is 0 Å². The van der Waals surface area contributed by atoms with Crippen LogP contribution in [0.15, 0.2) is 30.6 Å². The summed E-state index contributed by atoms with van der Waals surface area (Å²) in [5, 5.41) is 3.78. The number of rotatable bonds is 6. The molecule has 0 radical (unpaired) electrons. The minimum Gasteiger partial charge on any atom is -0.477 e. The molecular formula is C14H15Cl2N3O. The Morgan fingerprint density at radius 3 is 2.65 bits per heavy atom. The molecule has 0 bridgehead atoms. The Bertz CT molecular complexity index is 564. The molecular weight excluding hydrogens is 297 g/mol. The van der Waals surface area contributed by atoms with Crippen molar-refractivity contribution in [3.63, 3.8) is 0 Å². The van der Waals surface area contributed by atoms with Gasteiger partial charge in [0, 0.05) is 19.4 Å². The van der Waals surface area contributed by atoms with Crippen molar-refractivity contribution in [2.75, 3.05) is 19.0 Å². The quantitative estimate of drug-likeness (QED) is 0.823. The summed E-state index contributed by atoms with van der Waals surface area (Å²) in [6.07, 6.45) is 5.37. The highest BCUT2D eigenvalue weighted by atomic mass is 35.5. The van der Waals surface area contributed by atoms with Gasteiger partial charge in [0.05, 0.1) is 11.6 Å². The van der Waals surface area contributed by atoms with E-state index in [0.29, 0.717) is 28.3 Å². The average Bonchev–Trinajstić information content (AvgIpc) is 2.46. The summed E-state index contributed by atoms with van der Waals surface area (Å²) < 4.78 is 5.60. The van der Waals surface area contributed by atoms with Gasteiger partial charge in [0.15, 0.2) is 0 Å². The number of anilines is 1. The van der Waals surface area contributed by atoms with E-state index in [0.717, 1.165) is 12.8 Å². The van der Waals surface area contributed by atoms with Crippen molar-refractivity contribution < 1.29 is 4.74 Å². The molecule has 0 spiro atoms. The van der Waals surface area contributed by atoms with Gasteiger partial charge in [-0.05, 0) is 36.6 Å². The Hall–Kier alpha value is -1.52. The molecule has 2 rings (SSSR count). The van der Waals surface area contributed by atoms with Crippen LogP contribution in [-0.2, 0) is 6.42 Å². The molecule has 0 atom stereocenters. The zero-order valence-electron chi connectivity index (χ0n) is 11.1. The maximum Gasteiger partial charge on any atom is 0.234 e. The summed E-state index contributed by atoms with van der Waals surface area (Å²) in [4.78, 5) is 8.21. The van der Waals surface area contributed by atoms with Gasteiger partial charge >= 0.3 is 0 Å². The molecule has 2 aromatic heterocycles. The smallest absolute Gasteiger partial charge is 0.234 e. The van der Waals surface area contributed by atoms with E-state index in [1.165, 1.54) is 5.56 Å². The van der Waals surface area contributed by atoms with E-state index in [2.05, 4.69) is 15.3 Å². The molecule has 0 aliphatic rings. The summed E-state index contributed by atoms with van der Waals surface area (Å²) in [7, 11) is 1.75. The van der Waals surface area contributed by atoms with Crippen LogP contribution in [0.25, 0.3) is 0 Å². The second-order valence-corrected chi connectivity index (χ2v) is 4.98. The minimum absolute atomic E-state index is 0.398. The number of pyridine rings is 2. The van der Waals surface area contributed by atoms with Gasteiger partial charge in [-0.15, -0.1) is 0 Å². The molecule has 2 aromatic rings. The van der Waals surface area contributed by atoms with Crippen molar-refractivity contribution >= 4 is 29.0 Å². The van der Waals surface area contributed by atoms with Crippen LogP contribution in [0.3, 0.4) is 0 Å². The molecule has 4 nitrogen and oxygen atoms in total. The maximum absolute atomic E-state index is 6.05. The van der Waals surface area contributed by atoms with Crippen molar-refractivity contribution in [3.8, 4) is 5.88 Å².